The average Bonchev–Trinajstić information content (AvgIpc) is 2.46. The predicted molar refractivity (Wildman–Crippen MR) is 99.8 cm³/mol. The highest BCUT2D eigenvalue weighted by atomic mass is 35.5. The second-order valence-electron chi connectivity index (χ2n) is 6.34. The molecule has 1 aromatic rings. The summed E-state index contributed by atoms with van der Waals surface area (Å²) in [7, 11) is 0. The van der Waals surface area contributed by atoms with Crippen LogP contribution in [-0.4, -0.2) is 38.1 Å². The first-order valence-electron chi connectivity index (χ1n) is 8.05. The molecule has 23 heavy (non-hydrogen) atoms. The highest BCUT2D eigenvalue weighted by Crippen LogP contribution is 2.21. The van der Waals surface area contributed by atoms with E-state index >= 15 is 0 Å². The Labute approximate surface area is 151 Å². The normalized spacial score (nSPS) is 22.1. The zero-order valence-electron chi connectivity index (χ0n) is 13.5. The molecular weight excluding hydrogens is 333 g/mol. The standard InChI is InChI=1S/C17H25N3O.2ClH/c1-13(14-10-18-11-14)17(21)19-15-6-5-9-20(12-15)16-7-3-2-4-8-16;;/h2-4,7-8,13-15,18H,5-6,9-12H2,1H3,(H,19,21);2*1H. The molecule has 0 radical (unpaired) electrons. The summed E-state index contributed by atoms with van der Waals surface area (Å²) in [5.41, 5.74) is 1.26. The van der Waals surface area contributed by atoms with Crippen LogP contribution < -0.4 is 15.5 Å². The number of rotatable bonds is 4. The molecule has 0 aliphatic carbocycles. The van der Waals surface area contributed by atoms with Crippen molar-refractivity contribution in [2.75, 3.05) is 31.1 Å². The minimum atomic E-state index is 0. The number of hydrogen-bond donors (Lipinski definition) is 2. The molecule has 2 heterocycles. The second kappa shape index (κ2) is 9.36. The van der Waals surface area contributed by atoms with Gasteiger partial charge in [0.1, 0.15) is 0 Å². The fourth-order valence-corrected chi connectivity index (χ4v) is 3.18. The minimum Gasteiger partial charge on any atom is -0.369 e. The third-order valence-corrected chi connectivity index (χ3v) is 4.82. The third-order valence-electron chi connectivity index (χ3n) is 4.82. The minimum absolute atomic E-state index is 0. The number of amides is 1. The summed E-state index contributed by atoms with van der Waals surface area (Å²) in [5.74, 6) is 0.860. The molecule has 1 aromatic carbocycles. The van der Waals surface area contributed by atoms with Gasteiger partial charge in [0.2, 0.25) is 5.91 Å². The number of halogens is 2. The van der Waals surface area contributed by atoms with E-state index in [1.54, 1.807) is 0 Å². The molecule has 0 saturated carbocycles. The number of nitrogens with zero attached hydrogens (tertiary/aromatic N) is 1. The monoisotopic (exact) mass is 359 g/mol. The van der Waals surface area contributed by atoms with Crippen LogP contribution in [-0.2, 0) is 4.79 Å². The van der Waals surface area contributed by atoms with Gasteiger partial charge in [0, 0.05) is 30.7 Å². The summed E-state index contributed by atoms with van der Waals surface area (Å²) in [4.78, 5) is 14.7. The zero-order chi connectivity index (χ0) is 14.7. The van der Waals surface area contributed by atoms with Gasteiger partial charge in [-0.05, 0) is 44.0 Å². The van der Waals surface area contributed by atoms with E-state index in [1.807, 2.05) is 6.07 Å². The van der Waals surface area contributed by atoms with Crippen LogP contribution in [0.15, 0.2) is 30.3 Å². The van der Waals surface area contributed by atoms with Crippen molar-refractivity contribution in [3.8, 4) is 0 Å². The van der Waals surface area contributed by atoms with Crippen molar-refractivity contribution in [3.63, 3.8) is 0 Å². The Morgan fingerprint density at radius 2 is 1.96 bits per heavy atom. The Bertz CT molecular complexity index is 482. The van der Waals surface area contributed by atoms with E-state index in [-0.39, 0.29) is 42.7 Å². The number of carbonyl (C=O) groups is 1. The summed E-state index contributed by atoms with van der Waals surface area (Å²) < 4.78 is 0. The van der Waals surface area contributed by atoms with Crippen molar-refractivity contribution >= 4 is 36.4 Å². The SMILES string of the molecule is CC(C(=O)NC1CCCN(c2ccccc2)C1)C1CNC1.Cl.Cl. The smallest absolute Gasteiger partial charge is 0.223 e. The first-order valence-corrected chi connectivity index (χ1v) is 8.05. The van der Waals surface area contributed by atoms with Gasteiger partial charge in [-0.15, -0.1) is 24.8 Å². The Morgan fingerprint density at radius 3 is 2.57 bits per heavy atom. The molecule has 2 atom stereocenters. The van der Waals surface area contributed by atoms with Gasteiger partial charge in [-0.3, -0.25) is 4.79 Å². The maximum atomic E-state index is 12.3. The van der Waals surface area contributed by atoms with Crippen LogP contribution >= 0.6 is 24.8 Å². The summed E-state index contributed by atoms with van der Waals surface area (Å²) in [6.45, 7) is 6.02. The largest absolute Gasteiger partial charge is 0.369 e. The molecule has 2 aliphatic rings. The number of hydrogen-bond acceptors (Lipinski definition) is 3. The molecule has 1 amide bonds. The number of piperidine rings is 1. The number of nitrogens with one attached hydrogen (secondary N) is 2. The van der Waals surface area contributed by atoms with Gasteiger partial charge in [0.15, 0.2) is 0 Å². The van der Waals surface area contributed by atoms with E-state index in [0.29, 0.717) is 5.92 Å². The lowest BCUT2D eigenvalue weighted by Gasteiger charge is -2.37. The second-order valence-corrected chi connectivity index (χ2v) is 6.34. The van der Waals surface area contributed by atoms with Gasteiger partial charge < -0.3 is 15.5 Å². The maximum absolute atomic E-state index is 12.3. The van der Waals surface area contributed by atoms with Crippen LogP contribution in [0.1, 0.15) is 19.8 Å². The molecule has 0 bridgehead atoms. The van der Waals surface area contributed by atoms with Crippen molar-refractivity contribution in [2.45, 2.75) is 25.8 Å². The highest BCUT2D eigenvalue weighted by Gasteiger charge is 2.30. The zero-order valence-corrected chi connectivity index (χ0v) is 15.2. The van der Waals surface area contributed by atoms with Crippen molar-refractivity contribution in [1.82, 2.24) is 10.6 Å². The Kier molecular flexibility index (Phi) is 8.17. The topological polar surface area (TPSA) is 44.4 Å². The lowest BCUT2D eigenvalue weighted by Crippen LogP contribution is -2.53. The van der Waals surface area contributed by atoms with Crippen molar-refractivity contribution in [3.05, 3.63) is 30.3 Å². The highest BCUT2D eigenvalue weighted by molar-refractivity contribution is 5.85. The first kappa shape index (κ1) is 20.1. The van der Waals surface area contributed by atoms with E-state index in [1.165, 1.54) is 5.69 Å². The summed E-state index contributed by atoms with van der Waals surface area (Å²) in [6.07, 6.45) is 2.23. The Hall–Kier alpha value is -0.970. The molecule has 2 N–H and O–H groups in total. The molecule has 6 heteroatoms. The Balaban J connectivity index is 0.00000132. The van der Waals surface area contributed by atoms with E-state index in [0.717, 1.165) is 39.0 Å². The van der Waals surface area contributed by atoms with E-state index in [9.17, 15) is 4.79 Å². The molecule has 0 aromatic heterocycles. The third kappa shape index (κ3) is 5.00. The van der Waals surface area contributed by atoms with Crippen LogP contribution in [0.4, 0.5) is 5.69 Å². The molecule has 2 unspecified atom stereocenters. The van der Waals surface area contributed by atoms with E-state index in [4.69, 9.17) is 0 Å². The summed E-state index contributed by atoms with van der Waals surface area (Å²) in [5, 5.41) is 6.50. The summed E-state index contributed by atoms with van der Waals surface area (Å²) in [6, 6.07) is 10.8. The Morgan fingerprint density at radius 1 is 1.26 bits per heavy atom. The maximum Gasteiger partial charge on any atom is 0.223 e. The fraction of sp³-hybridized carbons (Fsp3) is 0.588. The molecule has 130 valence electrons. The lowest BCUT2D eigenvalue weighted by molar-refractivity contribution is -0.127. The molecule has 0 spiro atoms. The van der Waals surface area contributed by atoms with Gasteiger partial charge in [-0.1, -0.05) is 25.1 Å². The van der Waals surface area contributed by atoms with Crippen LogP contribution in [0.5, 0.6) is 0 Å². The summed E-state index contributed by atoms with van der Waals surface area (Å²) >= 11 is 0. The molecule has 4 nitrogen and oxygen atoms in total. The number of anilines is 1. The molecular formula is C17H27Cl2N3O. The van der Waals surface area contributed by atoms with Crippen molar-refractivity contribution < 1.29 is 4.79 Å². The number of carbonyl (C=O) groups excluding carboxylic acids is 1. The van der Waals surface area contributed by atoms with E-state index < -0.39 is 0 Å². The molecule has 3 rings (SSSR count). The van der Waals surface area contributed by atoms with Gasteiger partial charge >= 0.3 is 0 Å². The van der Waals surface area contributed by atoms with Gasteiger partial charge in [0.25, 0.3) is 0 Å². The van der Waals surface area contributed by atoms with Crippen LogP contribution in [0.2, 0.25) is 0 Å². The van der Waals surface area contributed by atoms with Crippen molar-refractivity contribution in [2.24, 2.45) is 11.8 Å². The van der Waals surface area contributed by atoms with Crippen LogP contribution in [0.3, 0.4) is 0 Å². The molecule has 2 fully saturated rings. The molecule has 2 saturated heterocycles. The number of benzene rings is 1. The van der Waals surface area contributed by atoms with Gasteiger partial charge in [-0.2, -0.15) is 0 Å². The quantitative estimate of drug-likeness (QED) is 0.867. The first-order chi connectivity index (χ1) is 10.2. The predicted octanol–water partition coefficient (Wildman–Crippen LogP) is 2.47. The van der Waals surface area contributed by atoms with Crippen LogP contribution in [0.25, 0.3) is 0 Å². The van der Waals surface area contributed by atoms with Crippen molar-refractivity contribution in [1.29, 1.82) is 0 Å². The fourth-order valence-electron chi connectivity index (χ4n) is 3.18. The van der Waals surface area contributed by atoms with Gasteiger partial charge in [-0.25, -0.2) is 0 Å². The van der Waals surface area contributed by atoms with Gasteiger partial charge in [0.05, 0.1) is 0 Å². The molecule has 2 aliphatic heterocycles. The van der Waals surface area contributed by atoms with E-state index in [2.05, 4.69) is 46.7 Å². The average molecular weight is 360 g/mol. The number of para-hydroxylation sites is 1. The van der Waals surface area contributed by atoms with Crippen LogP contribution in [0, 0.1) is 11.8 Å². The lowest BCUT2D eigenvalue weighted by atomic mass is 9.88.